The third-order valence-electron chi connectivity index (χ3n) is 6.39. The van der Waals surface area contributed by atoms with Gasteiger partial charge in [-0.05, 0) is 68.8 Å². The third kappa shape index (κ3) is 2.83. The molecule has 1 atom stereocenters. The van der Waals surface area contributed by atoms with Crippen LogP contribution in [0.4, 0.5) is 4.79 Å². The number of nitrogens with one attached hydrogen (secondary N) is 2. The van der Waals surface area contributed by atoms with Crippen molar-refractivity contribution in [3.63, 3.8) is 0 Å². The number of hydrogen-bond acceptors (Lipinski definition) is 2. The smallest absolute Gasteiger partial charge is 0.321 e. The summed E-state index contributed by atoms with van der Waals surface area (Å²) in [5.41, 5.74) is 0.761. The summed E-state index contributed by atoms with van der Waals surface area (Å²) in [7, 11) is 0. The van der Waals surface area contributed by atoms with Crippen LogP contribution in [0.15, 0.2) is 30.3 Å². The number of benzene rings is 1. The van der Waals surface area contributed by atoms with Gasteiger partial charge in [-0.15, -0.1) is 0 Å². The van der Waals surface area contributed by atoms with Crippen LogP contribution in [-0.2, 0) is 4.79 Å². The van der Waals surface area contributed by atoms with Crippen LogP contribution in [0, 0.1) is 23.2 Å². The molecule has 0 aromatic heterocycles. The molecule has 0 spiro atoms. The first kappa shape index (κ1) is 15.7. The van der Waals surface area contributed by atoms with E-state index in [0.717, 1.165) is 24.8 Å². The van der Waals surface area contributed by atoms with Crippen LogP contribution in [0.1, 0.15) is 57.1 Å². The molecule has 4 nitrogen and oxygen atoms in total. The average Bonchev–Trinajstić information content (AvgIpc) is 2.54. The first-order valence-electron chi connectivity index (χ1n) is 9.21. The minimum atomic E-state index is -0.368. The Hall–Kier alpha value is -1.84. The predicted octanol–water partition coefficient (Wildman–Crippen LogP) is 3.79. The van der Waals surface area contributed by atoms with Crippen molar-refractivity contribution >= 4 is 11.9 Å². The van der Waals surface area contributed by atoms with Crippen molar-refractivity contribution in [1.29, 1.82) is 0 Å². The lowest BCUT2D eigenvalue weighted by Crippen LogP contribution is -2.55. The highest BCUT2D eigenvalue weighted by molar-refractivity contribution is 5.97. The topological polar surface area (TPSA) is 58.2 Å². The number of carbonyl (C=O) groups is 2. The Balaban J connectivity index is 1.38. The van der Waals surface area contributed by atoms with E-state index in [1.165, 1.54) is 19.3 Å². The van der Waals surface area contributed by atoms with E-state index in [-0.39, 0.29) is 23.4 Å². The Bertz CT molecular complexity index is 605. The van der Waals surface area contributed by atoms with Crippen LogP contribution in [0.25, 0.3) is 0 Å². The molecule has 128 valence electrons. The largest absolute Gasteiger partial charge is 0.331 e. The molecule has 2 N–H and O–H groups in total. The zero-order valence-electron chi connectivity index (χ0n) is 14.3. The summed E-state index contributed by atoms with van der Waals surface area (Å²) in [4.78, 5) is 25.1. The van der Waals surface area contributed by atoms with Gasteiger partial charge >= 0.3 is 6.03 Å². The normalized spacial score (nSPS) is 34.6. The molecule has 0 saturated heterocycles. The quantitative estimate of drug-likeness (QED) is 0.888. The van der Waals surface area contributed by atoms with Crippen LogP contribution >= 0.6 is 0 Å². The number of imide groups is 1. The molecule has 0 radical (unpaired) electrons. The molecule has 4 heteroatoms. The van der Waals surface area contributed by atoms with E-state index in [0.29, 0.717) is 17.8 Å². The van der Waals surface area contributed by atoms with Gasteiger partial charge in [0, 0.05) is 0 Å². The van der Waals surface area contributed by atoms with Crippen molar-refractivity contribution in [2.24, 2.45) is 23.2 Å². The Labute approximate surface area is 143 Å². The number of hydrogen-bond donors (Lipinski definition) is 2. The molecule has 5 rings (SSSR count). The lowest BCUT2D eigenvalue weighted by atomic mass is 9.49. The minimum absolute atomic E-state index is 0.0423. The van der Waals surface area contributed by atoms with E-state index in [1.54, 1.807) is 0 Å². The Kier molecular flexibility index (Phi) is 3.86. The second-order valence-electron chi connectivity index (χ2n) is 8.26. The first-order chi connectivity index (χ1) is 11.5. The molecule has 0 aliphatic heterocycles. The monoisotopic (exact) mass is 326 g/mol. The fraction of sp³-hybridized carbons (Fsp3) is 0.600. The summed E-state index contributed by atoms with van der Waals surface area (Å²) < 4.78 is 0. The summed E-state index contributed by atoms with van der Waals surface area (Å²) >= 11 is 0. The molecule has 24 heavy (non-hydrogen) atoms. The minimum Gasteiger partial charge on any atom is -0.331 e. The van der Waals surface area contributed by atoms with Gasteiger partial charge in [-0.2, -0.15) is 0 Å². The Morgan fingerprint density at radius 3 is 2.08 bits per heavy atom. The van der Waals surface area contributed by atoms with Crippen LogP contribution < -0.4 is 10.6 Å². The van der Waals surface area contributed by atoms with Crippen LogP contribution in [0.3, 0.4) is 0 Å². The van der Waals surface area contributed by atoms with Crippen molar-refractivity contribution in [2.45, 2.75) is 51.5 Å². The summed E-state index contributed by atoms with van der Waals surface area (Å²) in [5.74, 6) is 2.06. The molecule has 3 amide bonds. The van der Waals surface area contributed by atoms with E-state index >= 15 is 0 Å². The molecule has 1 aromatic rings. The van der Waals surface area contributed by atoms with Gasteiger partial charge in [-0.3, -0.25) is 10.1 Å². The molecule has 4 bridgehead atoms. The van der Waals surface area contributed by atoms with Gasteiger partial charge in [0.25, 0.3) is 0 Å². The predicted molar refractivity (Wildman–Crippen MR) is 92.1 cm³/mol. The van der Waals surface area contributed by atoms with E-state index in [1.807, 2.05) is 37.3 Å². The van der Waals surface area contributed by atoms with Gasteiger partial charge in [-0.1, -0.05) is 30.3 Å². The molecular weight excluding hydrogens is 300 g/mol. The van der Waals surface area contributed by atoms with E-state index in [4.69, 9.17) is 0 Å². The second kappa shape index (κ2) is 5.91. The van der Waals surface area contributed by atoms with Gasteiger partial charge in [0.05, 0.1) is 11.5 Å². The Morgan fingerprint density at radius 1 is 1.00 bits per heavy atom. The van der Waals surface area contributed by atoms with Gasteiger partial charge in [0.2, 0.25) is 5.91 Å². The molecule has 4 saturated carbocycles. The van der Waals surface area contributed by atoms with Crippen molar-refractivity contribution in [2.75, 3.05) is 0 Å². The number of rotatable bonds is 3. The van der Waals surface area contributed by atoms with Gasteiger partial charge in [-0.25, -0.2) is 4.79 Å². The number of amides is 3. The zero-order valence-corrected chi connectivity index (χ0v) is 14.3. The highest BCUT2D eigenvalue weighted by Gasteiger charge is 2.54. The van der Waals surface area contributed by atoms with E-state index in [9.17, 15) is 9.59 Å². The SMILES string of the molecule is CC(NC(=O)NC(=O)C12CC3CC(CC(C3)C1)C2)c1ccccc1. The van der Waals surface area contributed by atoms with Crippen LogP contribution in [0.2, 0.25) is 0 Å². The molecule has 1 aromatic carbocycles. The fourth-order valence-electron chi connectivity index (χ4n) is 5.68. The van der Waals surface area contributed by atoms with Crippen molar-refractivity contribution in [3.05, 3.63) is 35.9 Å². The van der Waals surface area contributed by atoms with Crippen molar-refractivity contribution in [3.8, 4) is 0 Å². The number of urea groups is 1. The fourth-order valence-corrected chi connectivity index (χ4v) is 5.68. The van der Waals surface area contributed by atoms with Gasteiger partial charge in [0.1, 0.15) is 0 Å². The summed E-state index contributed by atoms with van der Waals surface area (Å²) in [5, 5.41) is 5.54. The van der Waals surface area contributed by atoms with Crippen LogP contribution in [0.5, 0.6) is 0 Å². The number of carbonyl (C=O) groups excluding carboxylic acids is 2. The average molecular weight is 326 g/mol. The van der Waals surface area contributed by atoms with Crippen LogP contribution in [-0.4, -0.2) is 11.9 Å². The van der Waals surface area contributed by atoms with Crippen molar-refractivity contribution < 1.29 is 9.59 Å². The highest BCUT2D eigenvalue weighted by atomic mass is 16.2. The summed E-state index contributed by atoms with van der Waals surface area (Å²) in [6.45, 7) is 1.93. The maximum Gasteiger partial charge on any atom is 0.321 e. The molecule has 4 aliphatic rings. The molecule has 0 heterocycles. The second-order valence-corrected chi connectivity index (χ2v) is 8.26. The van der Waals surface area contributed by atoms with Crippen molar-refractivity contribution in [1.82, 2.24) is 10.6 Å². The summed E-state index contributed by atoms with van der Waals surface area (Å²) in [6.07, 6.45) is 6.82. The van der Waals surface area contributed by atoms with Gasteiger partial charge in [0.15, 0.2) is 0 Å². The molecular formula is C20H26N2O2. The third-order valence-corrected chi connectivity index (χ3v) is 6.39. The molecule has 4 aliphatic carbocycles. The maximum atomic E-state index is 12.9. The zero-order chi connectivity index (χ0) is 16.7. The highest BCUT2D eigenvalue weighted by Crippen LogP contribution is 2.60. The van der Waals surface area contributed by atoms with Gasteiger partial charge < -0.3 is 5.32 Å². The molecule has 1 unspecified atom stereocenters. The summed E-state index contributed by atoms with van der Waals surface area (Å²) in [6, 6.07) is 9.32. The Morgan fingerprint density at radius 2 is 1.54 bits per heavy atom. The lowest BCUT2D eigenvalue weighted by molar-refractivity contribution is -0.145. The van der Waals surface area contributed by atoms with E-state index in [2.05, 4.69) is 10.6 Å². The standard InChI is InChI=1S/C20H26N2O2/c1-13(17-5-3-2-4-6-17)21-19(24)22-18(23)20-10-14-7-15(11-20)9-16(8-14)12-20/h2-6,13-16H,7-12H2,1H3,(H2,21,22,23,24). The maximum absolute atomic E-state index is 12.9. The lowest BCUT2D eigenvalue weighted by Gasteiger charge is -2.55. The first-order valence-corrected chi connectivity index (χ1v) is 9.21. The van der Waals surface area contributed by atoms with E-state index < -0.39 is 0 Å². The molecule has 4 fully saturated rings.